The molecule has 1 aromatic carbocycles. The molecule has 0 bridgehead atoms. The van der Waals surface area contributed by atoms with Gasteiger partial charge in [-0.1, -0.05) is 17.7 Å². The number of amides is 1. The summed E-state index contributed by atoms with van der Waals surface area (Å²) in [6.07, 6.45) is 0.813. The predicted octanol–water partition coefficient (Wildman–Crippen LogP) is 2.33. The van der Waals surface area contributed by atoms with E-state index in [4.69, 9.17) is 16.3 Å². The first-order valence-corrected chi connectivity index (χ1v) is 6.92. The van der Waals surface area contributed by atoms with Crippen molar-refractivity contribution in [3.63, 3.8) is 0 Å². The molecule has 0 fully saturated rings. The maximum absolute atomic E-state index is 11.9. The molecule has 0 aliphatic heterocycles. The maximum atomic E-state index is 11.9. The molecule has 1 atom stereocenters. The second-order valence-electron chi connectivity index (χ2n) is 4.16. The van der Waals surface area contributed by atoms with Crippen LogP contribution in [0.2, 0.25) is 5.02 Å². The van der Waals surface area contributed by atoms with Gasteiger partial charge in [0.2, 0.25) is 0 Å². The Morgan fingerprint density at radius 3 is 2.59 bits per heavy atom. The van der Waals surface area contributed by atoms with E-state index in [2.05, 4.69) is 10.1 Å². The smallest absolute Gasteiger partial charge is 0.331 e. The standard InChI is InChI=1S/C15H16ClNO5/c1-3-21-13(18)7-8-14(19)22-10(2)15(20)17-12-6-4-5-11(16)9-12/h4-10H,3H2,1-2H3,(H,17,20). The topological polar surface area (TPSA) is 81.7 Å². The van der Waals surface area contributed by atoms with Gasteiger partial charge in [-0.2, -0.15) is 0 Å². The van der Waals surface area contributed by atoms with Crippen LogP contribution in [0.15, 0.2) is 36.4 Å². The van der Waals surface area contributed by atoms with Crippen LogP contribution < -0.4 is 5.32 Å². The van der Waals surface area contributed by atoms with Crippen LogP contribution in [-0.2, 0) is 23.9 Å². The van der Waals surface area contributed by atoms with Crippen molar-refractivity contribution in [3.8, 4) is 0 Å². The molecule has 0 aliphatic carbocycles. The predicted molar refractivity (Wildman–Crippen MR) is 81.4 cm³/mol. The van der Waals surface area contributed by atoms with Gasteiger partial charge in [-0.15, -0.1) is 0 Å². The average molecular weight is 326 g/mol. The van der Waals surface area contributed by atoms with Crippen molar-refractivity contribution in [2.75, 3.05) is 11.9 Å². The van der Waals surface area contributed by atoms with E-state index in [0.717, 1.165) is 12.2 Å². The second kappa shape index (κ2) is 8.84. The highest BCUT2D eigenvalue weighted by molar-refractivity contribution is 6.30. The van der Waals surface area contributed by atoms with E-state index >= 15 is 0 Å². The molecular weight excluding hydrogens is 310 g/mol. The minimum absolute atomic E-state index is 0.205. The van der Waals surface area contributed by atoms with Crippen molar-refractivity contribution < 1.29 is 23.9 Å². The molecule has 6 nitrogen and oxygen atoms in total. The summed E-state index contributed by atoms with van der Waals surface area (Å²) in [5.74, 6) is -1.99. The molecule has 1 amide bonds. The first kappa shape index (κ1) is 17.7. The monoisotopic (exact) mass is 325 g/mol. The highest BCUT2D eigenvalue weighted by atomic mass is 35.5. The Balaban J connectivity index is 2.50. The van der Waals surface area contributed by atoms with Gasteiger partial charge in [0, 0.05) is 22.9 Å². The van der Waals surface area contributed by atoms with Crippen molar-refractivity contribution in [3.05, 3.63) is 41.4 Å². The molecule has 1 rings (SSSR count). The van der Waals surface area contributed by atoms with Crippen molar-refractivity contribution in [2.24, 2.45) is 0 Å². The zero-order valence-electron chi connectivity index (χ0n) is 12.2. The van der Waals surface area contributed by atoms with E-state index in [9.17, 15) is 14.4 Å². The number of ether oxygens (including phenoxy) is 2. The number of carbonyl (C=O) groups is 3. The lowest BCUT2D eigenvalue weighted by molar-refractivity contribution is -0.148. The zero-order chi connectivity index (χ0) is 16.5. The Morgan fingerprint density at radius 2 is 1.95 bits per heavy atom. The highest BCUT2D eigenvalue weighted by Crippen LogP contribution is 2.15. The van der Waals surface area contributed by atoms with Crippen LogP contribution in [0.5, 0.6) is 0 Å². The van der Waals surface area contributed by atoms with Gasteiger partial charge < -0.3 is 14.8 Å². The van der Waals surface area contributed by atoms with Gasteiger partial charge in [-0.3, -0.25) is 4.79 Å². The van der Waals surface area contributed by atoms with Crippen molar-refractivity contribution in [2.45, 2.75) is 20.0 Å². The average Bonchev–Trinajstić information content (AvgIpc) is 2.45. The molecule has 1 unspecified atom stereocenters. The summed E-state index contributed by atoms with van der Waals surface area (Å²) < 4.78 is 9.47. The van der Waals surface area contributed by atoms with E-state index in [1.54, 1.807) is 31.2 Å². The molecule has 0 aliphatic rings. The number of nitrogens with one attached hydrogen (secondary N) is 1. The second-order valence-corrected chi connectivity index (χ2v) is 4.60. The third-order valence-electron chi connectivity index (χ3n) is 2.40. The lowest BCUT2D eigenvalue weighted by atomic mass is 10.3. The van der Waals surface area contributed by atoms with Crippen molar-refractivity contribution in [1.82, 2.24) is 0 Å². The van der Waals surface area contributed by atoms with Crippen LogP contribution in [-0.4, -0.2) is 30.6 Å². The Hall–Kier alpha value is -2.34. The number of esters is 2. The zero-order valence-corrected chi connectivity index (χ0v) is 12.9. The van der Waals surface area contributed by atoms with Crippen LogP contribution >= 0.6 is 11.6 Å². The van der Waals surface area contributed by atoms with Gasteiger partial charge in [0.15, 0.2) is 6.10 Å². The molecule has 0 heterocycles. The van der Waals surface area contributed by atoms with E-state index in [1.807, 2.05) is 0 Å². The maximum Gasteiger partial charge on any atom is 0.331 e. The highest BCUT2D eigenvalue weighted by Gasteiger charge is 2.16. The Morgan fingerprint density at radius 1 is 1.27 bits per heavy atom. The minimum Gasteiger partial charge on any atom is -0.463 e. The SMILES string of the molecule is CCOC(=O)C=CC(=O)OC(C)C(=O)Nc1cccc(Cl)c1. The first-order chi connectivity index (χ1) is 10.4. The van der Waals surface area contributed by atoms with E-state index in [1.165, 1.54) is 6.92 Å². The quantitative estimate of drug-likeness (QED) is 0.641. The molecule has 0 saturated carbocycles. The molecule has 1 N–H and O–H groups in total. The van der Waals surface area contributed by atoms with Gasteiger partial charge in [-0.05, 0) is 32.0 Å². The summed E-state index contributed by atoms with van der Waals surface area (Å²) in [5.41, 5.74) is 0.488. The first-order valence-electron chi connectivity index (χ1n) is 6.54. The molecule has 118 valence electrons. The number of hydrogen-bond acceptors (Lipinski definition) is 5. The minimum atomic E-state index is -1.03. The summed E-state index contributed by atoms with van der Waals surface area (Å²) in [6, 6.07) is 6.56. The van der Waals surface area contributed by atoms with E-state index < -0.39 is 23.9 Å². The molecule has 1 aromatic rings. The van der Waals surface area contributed by atoms with Crippen LogP contribution in [0.25, 0.3) is 0 Å². The van der Waals surface area contributed by atoms with Crippen molar-refractivity contribution in [1.29, 1.82) is 0 Å². The number of benzene rings is 1. The molecule has 22 heavy (non-hydrogen) atoms. The van der Waals surface area contributed by atoms with Gasteiger partial charge in [0.25, 0.3) is 5.91 Å². The van der Waals surface area contributed by atoms with Gasteiger partial charge >= 0.3 is 11.9 Å². The molecule has 0 spiro atoms. The largest absolute Gasteiger partial charge is 0.463 e. The van der Waals surface area contributed by atoms with Gasteiger partial charge in [0.05, 0.1) is 6.61 Å². The Labute approximate surface area is 133 Å². The van der Waals surface area contributed by atoms with E-state index in [-0.39, 0.29) is 6.61 Å². The Bertz CT molecular complexity index is 585. The fourth-order valence-electron chi connectivity index (χ4n) is 1.40. The summed E-state index contributed by atoms with van der Waals surface area (Å²) >= 11 is 5.80. The third kappa shape index (κ3) is 6.41. The fourth-order valence-corrected chi connectivity index (χ4v) is 1.59. The van der Waals surface area contributed by atoms with Crippen LogP contribution in [0, 0.1) is 0 Å². The fraction of sp³-hybridized carbons (Fsp3) is 0.267. The Kier molecular flexibility index (Phi) is 7.12. The third-order valence-corrected chi connectivity index (χ3v) is 2.63. The van der Waals surface area contributed by atoms with Crippen LogP contribution in [0.4, 0.5) is 5.69 Å². The lowest BCUT2D eigenvalue weighted by Crippen LogP contribution is -2.29. The van der Waals surface area contributed by atoms with Gasteiger partial charge in [-0.25, -0.2) is 9.59 Å². The number of rotatable bonds is 6. The molecule has 0 saturated heterocycles. The number of anilines is 1. The summed E-state index contributed by atoms with van der Waals surface area (Å²) in [5, 5.41) is 3.03. The van der Waals surface area contributed by atoms with Crippen LogP contribution in [0.3, 0.4) is 0 Å². The number of hydrogen-bond donors (Lipinski definition) is 1. The molecule has 0 aromatic heterocycles. The summed E-state index contributed by atoms with van der Waals surface area (Å²) in [6.45, 7) is 3.26. The number of carbonyl (C=O) groups excluding carboxylic acids is 3. The molecule has 7 heteroatoms. The lowest BCUT2D eigenvalue weighted by Gasteiger charge is -2.12. The molecular formula is C15H16ClNO5. The summed E-state index contributed by atoms with van der Waals surface area (Å²) in [7, 11) is 0. The normalized spacial score (nSPS) is 11.8. The van der Waals surface area contributed by atoms with E-state index in [0.29, 0.717) is 10.7 Å². The summed E-state index contributed by atoms with van der Waals surface area (Å²) in [4.78, 5) is 34.3. The van der Waals surface area contributed by atoms with Gasteiger partial charge in [0.1, 0.15) is 0 Å². The number of halogens is 1. The van der Waals surface area contributed by atoms with Crippen molar-refractivity contribution >= 4 is 35.1 Å². The molecule has 0 radical (unpaired) electrons. The van der Waals surface area contributed by atoms with Crippen LogP contribution in [0.1, 0.15) is 13.8 Å².